The highest BCUT2D eigenvalue weighted by atomic mass is 32.2. The molecule has 0 saturated carbocycles. The van der Waals surface area contributed by atoms with Crippen molar-refractivity contribution >= 4 is 47.7 Å². The van der Waals surface area contributed by atoms with Gasteiger partial charge in [-0.1, -0.05) is 13.0 Å². The lowest BCUT2D eigenvalue weighted by atomic mass is 9.85. The van der Waals surface area contributed by atoms with Crippen molar-refractivity contribution in [1.82, 2.24) is 0 Å². The van der Waals surface area contributed by atoms with E-state index in [1.807, 2.05) is 0 Å². The summed E-state index contributed by atoms with van der Waals surface area (Å²) in [4.78, 5) is 74.4. The molecule has 252 valence electrons. The number of aldehydes is 1. The average molecular weight is 651 g/mol. The van der Waals surface area contributed by atoms with Gasteiger partial charge in [-0.15, -0.1) is 0 Å². The second-order valence-electron chi connectivity index (χ2n) is 9.38. The normalized spacial score (nSPS) is 14.1. The Balaban J connectivity index is 5.41. The molecular weight excluding hydrogens is 604 g/mol. The molecule has 0 radical (unpaired) electrons. The summed E-state index contributed by atoms with van der Waals surface area (Å²) in [5.74, 6) is -4.78. The molecule has 0 aliphatic heterocycles. The Hall–Kier alpha value is -2.85. The zero-order valence-electron chi connectivity index (χ0n) is 26.4. The van der Waals surface area contributed by atoms with Crippen LogP contribution in [0.5, 0.6) is 0 Å². The third kappa shape index (κ3) is 17.4. The largest absolute Gasteiger partial charge is 0.452 e. The number of hydrogen-bond donors (Lipinski definition) is 0. The maximum Gasteiger partial charge on any atom is 0.347 e. The fourth-order valence-electron chi connectivity index (χ4n) is 3.52. The second kappa shape index (κ2) is 24.5. The van der Waals surface area contributed by atoms with Crippen LogP contribution in [0.25, 0.3) is 0 Å². The summed E-state index contributed by atoms with van der Waals surface area (Å²) in [6.45, 7) is 4.78. The standard InChI is InChI=1S/C29H46O14S/c1-7-22(9-10-38-13-14-39-12-11-36-4)28(35)43-29(19-30,16-24(31)21(3)44-6)15-23(8-2)27(34)42-20-41-26(33)18-40-25(32)17-37-5/h7,19,21,23H,8-18,20H2,1-6H3/b22-7+. The summed E-state index contributed by atoms with van der Waals surface area (Å²) < 4.78 is 40.4. The van der Waals surface area contributed by atoms with Gasteiger partial charge in [0, 0.05) is 32.6 Å². The van der Waals surface area contributed by atoms with Gasteiger partial charge in [0.25, 0.3) is 0 Å². The summed E-state index contributed by atoms with van der Waals surface area (Å²) in [6, 6.07) is 0. The van der Waals surface area contributed by atoms with Gasteiger partial charge in [-0.3, -0.25) is 14.4 Å². The average Bonchev–Trinajstić information content (AvgIpc) is 3.01. The van der Waals surface area contributed by atoms with Crippen LogP contribution in [0.4, 0.5) is 0 Å². The summed E-state index contributed by atoms with van der Waals surface area (Å²) in [5.41, 5.74) is -1.75. The maximum absolute atomic E-state index is 13.2. The molecule has 0 bridgehead atoms. The van der Waals surface area contributed by atoms with Gasteiger partial charge < -0.3 is 37.9 Å². The number of esters is 4. The Morgan fingerprint density at radius 2 is 1.50 bits per heavy atom. The van der Waals surface area contributed by atoms with Crippen molar-refractivity contribution in [3.63, 3.8) is 0 Å². The first-order valence-electron chi connectivity index (χ1n) is 14.0. The van der Waals surface area contributed by atoms with E-state index in [0.717, 1.165) is 0 Å². The number of carbonyl (C=O) groups is 6. The van der Waals surface area contributed by atoms with Gasteiger partial charge in [-0.05, 0) is 26.5 Å². The van der Waals surface area contributed by atoms with E-state index in [9.17, 15) is 28.8 Å². The summed E-state index contributed by atoms with van der Waals surface area (Å²) in [5, 5.41) is -0.502. The van der Waals surface area contributed by atoms with Crippen molar-refractivity contribution in [1.29, 1.82) is 0 Å². The summed E-state index contributed by atoms with van der Waals surface area (Å²) in [7, 11) is 2.85. The van der Waals surface area contributed by atoms with Crippen molar-refractivity contribution < 1.29 is 66.7 Å². The monoisotopic (exact) mass is 650 g/mol. The highest BCUT2D eigenvalue weighted by Crippen LogP contribution is 2.30. The van der Waals surface area contributed by atoms with Gasteiger partial charge in [0.2, 0.25) is 6.79 Å². The molecule has 0 heterocycles. The highest BCUT2D eigenvalue weighted by Gasteiger charge is 2.42. The number of carbonyl (C=O) groups excluding carboxylic acids is 6. The van der Waals surface area contributed by atoms with Crippen LogP contribution in [-0.2, 0) is 66.7 Å². The molecular formula is C29H46O14S. The molecule has 15 heteroatoms. The minimum absolute atomic E-state index is 0.150. The lowest BCUT2D eigenvalue weighted by Gasteiger charge is -2.31. The Labute approximate surface area is 262 Å². The number of allylic oxidation sites excluding steroid dienone is 1. The van der Waals surface area contributed by atoms with E-state index >= 15 is 0 Å². The molecule has 0 aromatic heterocycles. The van der Waals surface area contributed by atoms with Crippen LogP contribution in [0.1, 0.15) is 46.5 Å². The number of hydrogen-bond acceptors (Lipinski definition) is 15. The molecule has 44 heavy (non-hydrogen) atoms. The lowest BCUT2D eigenvalue weighted by Crippen LogP contribution is -2.44. The van der Waals surface area contributed by atoms with E-state index in [-0.39, 0.29) is 43.8 Å². The van der Waals surface area contributed by atoms with Crippen molar-refractivity contribution in [3.8, 4) is 0 Å². The molecule has 0 amide bonds. The predicted octanol–water partition coefficient (Wildman–Crippen LogP) is 1.84. The molecule has 0 aliphatic carbocycles. The van der Waals surface area contributed by atoms with Crippen LogP contribution >= 0.6 is 11.8 Å². The zero-order valence-corrected chi connectivity index (χ0v) is 27.2. The van der Waals surface area contributed by atoms with Crippen LogP contribution in [-0.4, -0.2) is 120 Å². The first-order valence-corrected chi connectivity index (χ1v) is 15.3. The number of methoxy groups -OCH3 is 2. The van der Waals surface area contributed by atoms with Crippen LogP contribution in [0.2, 0.25) is 0 Å². The third-order valence-electron chi connectivity index (χ3n) is 6.17. The van der Waals surface area contributed by atoms with Gasteiger partial charge in [0.1, 0.15) is 12.4 Å². The van der Waals surface area contributed by atoms with Crippen LogP contribution in [0.3, 0.4) is 0 Å². The van der Waals surface area contributed by atoms with Crippen molar-refractivity contribution in [2.24, 2.45) is 5.92 Å². The smallest absolute Gasteiger partial charge is 0.347 e. The SMILES string of the molecule is C/C=C(\CCOCCOCCOC)C(=O)OC(C=O)(CC(=O)C(C)SC)CC(CC)C(=O)OCOC(=O)COC(=O)COC. The molecule has 0 aliphatic rings. The van der Waals surface area contributed by atoms with Crippen LogP contribution in [0, 0.1) is 5.92 Å². The number of rotatable bonds is 26. The summed E-state index contributed by atoms with van der Waals surface area (Å²) >= 11 is 1.26. The second-order valence-corrected chi connectivity index (χ2v) is 10.6. The lowest BCUT2D eigenvalue weighted by molar-refractivity contribution is -0.179. The van der Waals surface area contributed by atoms with Gasteiger partial charge in [-0.2, -0.15) is 11.8 Å². The van der Waals surface area contributed by atoms with Gasteiger partial charge >= 0.3 is 23.9 Å². The molecule has 3 unspecified atom stereocenters. The van der Waals surface area contributed by atoms with E-state index in [4.69, 9.17) is 28.4 Å². The molecule has 0 N–H and O–H groups in total. The van der Waals surface area contributed by atoms with E-state index in [1.165, 1.54) is 24.9 Å². The summed E-state index contributed by atoms with van der Waals surface area (Å²) in [6.07, 6.45) is 3.13. The molecule has 0 spiro atoms. The van der Waals surface area contributed by atoms with Gasteiger partial charge in [-0.25, -0.2) is 14.4 Å². The third-order valence-corrected chi connectivity index (χ3v) is 7.14. The zero-order chi connectivity index (χ0) is 33.4. The van der Waals surface area contributed by atoms with Crippen LogP contribution < -0.4 is 0 Å². The van der Waals surface area contributed by atoms with E-state index in [2.05, 4.69) is 9.47 Å². The van der Waals surface area contributed by atoms with Crippen molar-refractivity contribution in [2.45, 2.75) is 57.3 Å². The Morgan fingerprint density at radius 1 is 0.864 bits per heavy atom. The van der Waals surface area contributed by atoms with Crippen molar-refractivity contribution in [2.75, 3.05) is 73.5 Å². The van der Waals surface area contributed by atoms with E-state index in [0.29, 0.717) is 32.7 Å². The topological polar surface area (TPSA) is 176 Å². The number of ether oxygens (including phenoxy) is 8. The number of ketones is 1. The molecule has 3 atom stereocenters. The number of Topliss-reactive ketones (excluding diaryl/α,β-unsaturated/α-hetero) is 1. The number of thioether (sulfide) groups is 1. The minimum atomic E-state index is -1.96. The fraction of sp³-hybridized carbons (Fsp3) is 0.724. The maximum atomic E-state index is 13.2. The van der Waals surface area contributed by atoms with Gasteiger partial charge in [0.05, 0.1) is 50.6 Å². The molecule has 0 aromatic rings. The first kappa shape index (κ1) is 41.1. The Bertz CT molecular complexity index is 937. The fourth-order valence-corrected chi connectivity index (χ4v) is 3.86. The quantitative estimate of drug-likeness (QED) is 0.0331. The van der Waals surface area contributed by atoms with E-state index in [1.54, 1.807) is 34.1 Å². The first-order chi connectivity index (χ1) is 21.0. The molecule has 0 saturated heterocycles. The Kier molecular flexibility index (Phi) is 22.9. The molecule has 0 fully saturated rings. The predicted molar refractivity (Wildman–Crippen MR) is 158 cm³/mol. The molecule has 14 nitrogen and oxygen atoms in total. The van der Waals surface area contributed by atoms with E-state index < -0.39 is 60.5 Å². The molecule has 0 rings (SSSR count). The Morgan fingerprint density at radius 3 is 2.07 bits per heavy atom. The van der Waals surface area contributed by atoms with Gasteiger partial charge in [0.15, 0.2) is 18.5 Å². The minimum Gasteiger partial charge on any atom is -0.452 e. The van der Waals surface area contributed by atoms with Crippen molar-refractivity contribution in [3.05, 3.63) is 11.6 Å². The van der Waals surface area contributed by atoms with Crippen LogP contribution in [0.15, 0.2) is 11.6 Å². The molecule has 0 aromatic carbocycles. The highest BCUT2D eigenvalue weighted by molar-refractivity contribution is 7.99.